The van der Waals surface area contributed by atoms with Crippen molar-refractivity contribution in [1.82, 2.24) is 4.98 Å². The van der Waals surface area contributed by atoms with Crippen LogP contribution >= 0.6 is 15.9 Å². The van der Waals surface area contributed by atoms with Crippen molar-refractivity contribution in [3.05, 3.63) is 30.5 Å². The third kappa shape index (κ3) is 3.60. The Morgan fingerprint density at radius 1 is 1.21 bits per heavy atom. The molecule has 1 heterocycles. The van der Waals surface area contributed by atoms with Gasteiger partial charge < -0.3 is 10.0 Å². The van der Waals surface area contributed by atoms with Crippen LogP contribution in [0.4, 0.5) is 5.82 Å². The van der Waals surface area contributed by atoms with Crippen molar-refractivity contribution >= 4 is 32.5 Å². The van der Waals surface area contributed by atoms with Gasteiger partial charge in [-0.25, -0.2) is 4.98 Å². The van der Waals surface area contributed by atoms with Crippen LogP contribution in [0.25, 0.3) is 10.8 Å². The summed E-state index contributed by atoms with van der Waals surface area (Å²) in [7, 11) is 2.06. The molecule has 1 N–H and O–H groups in total. The number of aromatic hydroxyl groups is 1. The minimum absolute atomic E-state index is 0.287. The quantitative estimate of drug-likeness (QED) is 0.646. The lowest BCUT2D eigenvalue weighted by Crippen LogP contribution is -2.19. The van der Waals surface area contributed by atoms with Gasteiger partial charge >= 0.3 is 0 Å². The van der Waals surface area contributed by atoms with Crippen molar-refractivity contribution in [2.24, 2.45) is 0 Å². The highest BCUT2D eigenvalue weighted by atomic mass is 79.9. The van der Waals surface area contributed by atoms with Crippen molar-refractivity contribution in [3.8, 4) is 5.75 Å². The molecule has 0 radical (unpaired) electrons. The Balaban J connectivity index is 2.16. The maximum Gasteiger partial charge on any atom is 0.136 e. The van der Waals surface area contributed by atoms with Crippen molar-refractivity contribution in [2.75, 3.05) is 23.8 Å². The molecule has 1 aromatic heterocycles. The lowest BCUT2D eigenvalue weighted by molar-refractivity contribution is 0.476. The first-order chi connectivity index (χ1) is 9.22. The van der Waals surface area contributed by atoms with Crippen molar-refractivity contribution in [3.63, 3.8) is 0 Å². The molecule has 0 fully saturated rings. The molecule has 0 aliphatic rings. The number of phenols is 1. The average molecular weight is 323 g/mol. The molecule has 0 atom stereocenters. The van der Waals surface area contributed by atoms with Crippen LogP contribution < -0.4 is 4.90 Å². The fourth-order valence-corrected chi connectivity index (χ4v) is 2.57. The molecular weight excluding hydrogens is 304 g/mol. The largest absolute Gasteiger partial charge is 0.508 e. The highest BCUT2D eigenvalue weighted by molar-refractivity contribution is 9.09. The van der Waals surface area contributed by atoms with E-state index >= 15 is 0 Å². The van der Waals surface area contributed by atoms with E-state index in [1.54, 1.807) is 12.1 Å². The number of unbranched alkanes of at least 4 members (excludes halogenated alkanes) is 2. The van der Waals surface area contributed by atoms with Crippen molar-refractivity contribution in [2.45, 2.75) is 19.3 Å². The van der Waals surface area contributed by atoms with E-state index < -0.39 is 0 Å². The Labute approximate surface area is 122 Å². The van der Waals surface area contributed by atoms with Gasteiger partial charge in [0.1, 0.15) is 11.6 Å². The molecule has 0 saturated carbocycles. The first-order valence-electron chi connectivity index (χ1n) is 6.57. The second-order valence-corrected chi connectivity index (χ2v) is 5.50. The molecule has 0 spiro atoms. The van der Waals surface area contributed by atoms with Crippen LogP contribution in [0.3, 0.4) is 0 Å². The van der Waals surface area contributed by atoms with Gasteiger partial charge in [0.25, 0.3) is 0 Å². The van der Waals surface area contributed by atoms with Crippen molar-refractivity contribution < 1.29 is 5.11 Å². The maximum atomic E-state index is 9.63. The molecule has 0 unspecified atom stereocenters. The van der Waals surface area contributed by atoms with Gasteiger partial charge in [-0.2, -0.15) is 0 Å². The number of pyridine rings is 1. The fourth-order valence-electron chi connectivity index (χ4n) is 2.17. The second-order valence-electron chi connectivity index (χ2n) is 4.71. The summed E-state index contributed by atoms with van der Waals surface area (Å²) >= 11 is 3.45. The molecule has 19 heavy (non-hydrogen) atoms. The Hall–Kier alpha value is -1.29. The van der Waals surface area contributed by atoms with Crippen LogP contribution in [0.2, 0.25) is 0 Å². The number of halogens is 1. The first-order valence-corrected chi connectivity index (χ1v) is 7.69. The minimum Gasteiger partial charge on any atom is -0.508 e. The zero-order valence-corrected chi connectivity index (χ0v) is 12.7. The van der Waals surface area contributed by atoms with Crippen LogP contribution in [-0.4, -0.2) is 29.0 Å². The summed E-state index contributed by atoms with van der Waals surface area (Å²) in [6.07, 6.45) is 5.39. The number of fused-ring (bicyclic) bond motifs is 1. The summed E-state index contributed by atoms with van der Waals surface area (Å²) in [5.74, 6) is 1.22. The number of aromatic nitrogens is 1. The maximum absolute atomic E-state index is 9.63. The molecule has 0 saturated heterocycles. The van der Waals surface area contributed by atoms with Gasteiger partial charge in [-0.3, -0.25) is 0 Å². The molecule has 0 aliphatic carbocycles. The van der Waals surface area contributed by atoms with Crippen LogP contribution in [0.5, 0.6) is 5.75 Å². The molecule has 2 rings (SSSR count). The van der Waals surface area contributed by atoms with E-state index in [-0.39, 0.29) is 5.75 Å². The van der Waals surface area contributed by atoms with Crippen LogP contribution in [0, 0.1) is 0 Å². The smallest absolute Gasteiger partial charge is 0.136 e. The lowest BCUT2D eigenvalue weighted by atomic mass is 10.1. The first kappa shape index (κ1) is 14.1. The third-order valence-electron chi connectivity index (χ3n) is 3.22. The predicted octanol–water partition coefficient (Wildman–Crippen LogP) is 3.94. The number of anilines is 1. The van der Waals surface area contributed by atoms with Gasteiger partial charge in [-0.15, -0.1) is 0 Å². The topological polar surface area (TPSA) is 36.4 Å². The zero-order chi connectivity index (χ0) is 13.7. The van der Waals surface area contributed by atoms with E-state index in [1.165, 1.54) is 12.8 Å². The number of benzene rings is 1. The number of rotatable bonds is 6. The molecule has 0 aliphatic heterocycles. The van der Waals surface area contributed by atoms with Gasteiger partial charge in [-0.05, 0) is 36.4 Å². The standard InChI is InChI=1S/C15H19BrN2O/c1-18(10-4-2-3-8-16)15-14-11-13(19)6-5-12(14)7-9-17-15/h5-7,9,11,19H,2-4,8,10H2,1H3. The molecule has 1 aromatic carbocycles. The fraction of sp³-hybridized carbons (Fsp3) is 0.400. The summed E-state index contributed by atoms with van der Waals surface area (Å²) in [4.78, 5) is 6.62. The lowest BCUT2D eigenvalue weighted by Gasteiger charge is -2.19. The Morgan fingerprint density at radius 2 is 2.05 bits per heavy atom. The molecule has 2 aromatic rings. The summed E-state index contributed by atoms with van der Waals surface area (Å²) in [6.45, 7) is 0.981. The third-order valence-corrected chi connectivity index (χ3v) is 3.78. The highest BCUT2D eigenvalue weighted by Crippen LogP contribution is 2.27. The molecule has 102 valence electrons. The van der Waals surface area contributed by atoms with E-state index in [1.807, 2.05) is 18.3 Å². The Bertz CT molecular complexity index is 545. The van der Waals surface area contributed by atoms with E-state index in [0.717, 1.165) is 34.9 Å². The number of hydrogen-bond donors (Lipinski definition) is 1. The molecule has 0 amide bonds. The van der Waals surface area contributed by atoms with E-state index in [2.05, 4.69) is 32.9 Å². The van der Waals surface area contributed by atoms with Gasteiger partial charge in [0.05, 0.1) is 0 Å². The number of phenolic OH excluding ortho intramolecular Hbond substituents is 1. The average Bonchev–Trinajstić information content (AvgIpc) is 2.42. The van der Waals surface area contributed by atoms with Crippen LogP contribution in [0.15, 0.2) is 30.5 Å². The van der Waals surface area contributed by atoms with Gasteiger partial charge in [0.2, 0.25) is 0 Å². The van der Waals surface area contributed by atoms with E-state index in [0.29, 0.717) is 0 Å². The summed E-state index contributed by atoms with van der Waals surface area (Å²) in [5.41, 5.74) is 0. The minimum atomic E-state index is 0.287. The van der Waals surface area contributed by atoms with Gasteiger partial charge in [0, 0.05) is 30.5 Å². The van der Waals surface area contributed by atoms with Gasteiger partial charge in [0.15, 0.2) is 0 Å². The molecule has 3 nitrogen and oxygen atoms in total. The molecule has 4 heteroatoms. The molecular formula is C15H19BrN2O. The van der Waals surface area contributed by atoms with Crippen LogP contribution in [-0.2, 0) is 0 Å². The van der Waals surface area contributed by atoms with E-state index in [4.69, 9.17) is 0 Å². The predicted molar refractivity (Wildman–Crippen MR) is 84.3 cm³/mol. The number of hydrogen-bond acceptors (Lipinski definition) is 3. The monoisotopic (exact) mass is 322 g/mol. The normalized spacial score (nSPS) is 10.8. The molecule has 0 bridgehead atoms. The van der Waals surface area contributed by atoms with Gasteiger partial charge in [-0.1, -0.05) is 28.4 Å². The zero-order valence-electron chi connectivity index (χ0n) is 11.1. The summed E-state index contributed by atoms with van der Waals surface area (Å²) in [6, 6.07) is 7.39. The van der Waals surface area contributed by atoms with Crippen molar-refractivity contribution in [1.29, 1.82) is 0 Å². The summed E-state index contributed by atoms with van der Waals surface area (Å²) in [5, 5.41) is 12.8. The van der Waals surface area contributed by atoms with Crippen LogP contribution in [0.1, 0.15) is 19.3 Å². The highest BCUT2D eigenvalue weighted by Gasteiger charge is 2.08. The second kappa shape index (κ2) is 6.75. The Kier molecular flexibility index (Phi) is 5.02. The van der Waals surface area contributed by atoms with E-state index in [9.17, 15) is 5.11 Å². The SMILES string of the molecule is CN(CCCCCBr)c1nccc2ccc(O)cc12. The number of nitrogens with zero attached hydrogens (tertiary/aromatic N) is 2. The Morgan fingerprint density at radius 3 is 2.84 bits per heavy atom. The summed E-state index contributed by atoms with van der Waals surface area (Å²) < 4.78 is 0. The number of alkyl halides is 1.